The summed E-state index contributed by atoms with van der Waals surface area (Å²) in [7, 11) is 0. The van der Waals surface area contributed by atoms with Crippen LogP contribution >= 0.6 is 11.3 Å². The van der Waals surface area contributed by atoms with Gasteiger partial charge in [0.2, 0.25) is 0 Å². The van der Waals surface area contributed by atoms with Crippen molar-refractivity contribution in [2.45, 2.75) is 19.5 Å². The molecule has 0 spiro atoms. The highest BCUT2D eigenvalue weighted by atomic mass is 32.1. The first-order valence-corrected chi connectivity index (χ1v) is 6.74. The Kier molecular flexibility index (Phi) is 4.29. The first-order valence-electron chi connectivity index (χ1n) is 5.86. The second-order valence-electron chi connectivity index (χ2n) is 4.24. The molecule has 0 amide bonds. The molecule has 1 atom stereocenters. The fourth-order valence-corrected chi connectivity index (χ4v) is 2.58. The molecule has 0 bridgehead atoms. The Balaban J connectivity index is 2.02. The third-order valence-electron chi connectivity index (χ3n) is 2.89. The molecule has 2 aromatic rings. The Morgan fingerprint density at radius 2 is 2.26 bits per heavy atom. The number of benzene rings is 1. The number of rotatable bonds is 5. The molecule has 0 saturated carbocycles. The standard InChI is InChI=1S/C14H14FNO2S/c1-9(10-3-2-4-12(15)7-10)16-8-11-5-6-19-13(11)14(17)18/h2-7,9,16H,8H2,1H3,(H,17,18). The third-order valence-corrected chi connectivity index (χ3v) is 3.83. The summed E-state index contributed by atoms with van der Waals surface area (Å²) >= 11 is 1.21. The first-order chi connectivity index (χ1) is 9.08. The van der Waals surface area contributed by atoms with E-state index < -0.39 is 5.97 Å². The van der Waals surface area contributed by atoms with Crippen LogP contribution in [0.4, 0.5) is 4.39 Å². The molecular formula is C14H14FNO2S. The number of halogens is 1. The van der Waals surface area contributed by atoms with E-state index in [9.17, 15) is 9.18 Å². The summed E-state index contributed by atoms with van der Waals surface area (Å²) < 4.78 is 13.1. The minimum atomic E-state index is -0.912. The van der Waals surface area contributed by atoms with Crippen LogP contribution < -0.4 is 5.32 Å². The van der Waals surface area contributed by atoms with Crippen LogP contribution in [-0.4, -0.2) is 11.1 Å². The van der Waals surface area contributed by atoms with Crippen LogP contribution in [0.3, 0.4) is 0 Å². The fourth-order valence-electron chi connectivity index (χ4n) is 1.82. The maximum Gasteiger partial charge on any atom is 0.346 e. The van der Waals surface area contributed by atoms with E-state index in [1.807, 2.05) is 13.0 Å². The predicted octanol–water partition coefficient (Wildman–Crippen LogP) is 3.44. The highest BCUT2D eigenvalue weighted by Crippen LogP contribution is 2.19. The summed E-state index contributed by atoms with van der Waals surface area (Å²) in [6.45, 7) is 2.37. The number of carboxylic acid groups (broad SMARTS) is 1. The van der Waals surface area contributed by atoms with E-state index in [1.54, 1.807) is 17.5 Å². The molecule has 1 heterocycles. The van der Waals surface area contributed by atoms with Gasteiger partial charge in [-0.1, -0.05) is 12.1 Å². The molecule has 100 valence electrons. The van der Waals surface area contributed by atoms with Crippen LogP contribution in [0.1, 0.15) is 33.8 Å². The van der Waals surface area contributed by atoms with Crippen molar-refractivity contribution >= 4 is 17.3 Å². The molecule has 3 nitrogen and oxygen atoms in total. The Morgan fingerprint density at radius 3 is 2.95 bits per heavy atom. The molecule has 0 saturated heterocycles. The molecule has 19 heavy (non-hydrogen) atoms. The van der Waals surface area contributed by atoms with E-state index >= 15 is 0 Å². The number of nitrogens with one attached hydrogen (secondary N) is 1. The molecule has 1 aromatic carbocycles. The van der Waals surface area contributed by atoms with Gasteiger partial charge in [0.1, 0.15) is 10.7 Å². The predicted molar refractivity (Wildman–Crippen MR) is 72.9 cm³/mol. The molecule has 1 unspecified atom stereocenters. The van der Waals surface area contributed by atoms with E-state index in [-0.39, 0.29) is 11.9 Å². The van der Waals surface area contributed by atoms with Crippen molar-refractivity contribution < 1.29 is 14.3 Å². The van der Waals surface area contributed by atoms with Crippen molar-refractivity contribution in [2.24, 2.45) is 0 Å². The fraction of sp³-hybridized carbons (Fsp3) is 0.214. The van der Waals surface area contributed by atoms with Gasteiger partial charge in [-0.3, -0.25) is 0 Å². The van der Waals surface area contributed by atoms with Crippen molar-refractivity contribution in [1.82, 2.24) is 5.32 Å². The van der Waals surface area contributed by atoms with Crippen molar-refractivity contribution in [2.75, 3.05) is 0 Å². The molecule has 0 fully saturated rings. The number of aromatic carboxylic acids is 1. The highest BCUT2D eigenvalue weighted by molar-refractivity contribution is 7.12. The highest BCUT2D eigenvalue weighted by Gasteiger charge is 2.12. The summed E-state index contributed by atoms with van der Waals surface area (Å²) in [6.07, 6.45) is 0. The quantitative estimate of drug-likeness (QED) is 0.881. The number of hydrogen-bond acceptors (Lipinski definition) is 3. The van der Waals surface area contributed by atoms with Gasteiger partial charge in [-0.05, 0) is 41.6 Å². The van der Waals surface area contributed by atoms with Gasteiger partial charge in [0.15, 0.2) is 0 Å². The van der Waals surface area contributed by atoms with Gasteiger partial charge in [0.25, 0.3) is 0 Å². The number of carboxylic acids is 1. The molecule has 0 aliphatic rings. The number of hydrogen-bond donors (Lipinski definition) is 2. The topological polar surface area (TPSA) is 49.3 Å². The molecule has 0 radical (unpaired) electrons. The van der Waals surface area contributed by atoms with Gasteiger partial charge in [-0.2, -0.15) is 0 Å². The van der Waals surface area contributed by atoms with Gasteiger partial charge in [-0.15, -0.1) is 11.3 Å². The van der Waals surface area contributed by atoms with Crippen LogP contribution in [0.15, 0.2) is 35.7 Å². The number of thiophene rings is 1. The van der Waals surface area contributed by atoms with Crippen LogP contribution in [-0.2, 0) is 6.54 Å². The van der Waals surface area contributed by atoms with Gasteiger partial charge in [-0.25, -0.2) is 9.18 Å². The van der Waals surface area contributed by atoms with Crippen molar-refractivity contribution in [3.63, 3.8) is 0 Å². The molecule has 2 N–H and O–H groups in total. The minimum absolute atomic E-state index is 0.0442. The summed E-state index contributed by atoms with van der Waals surface area (Å²) in [5.74, 6) is -1.18. The van der Waals surface area contributed by atoms with E-state index in [0.29, 0.717) is 11.4 Å². The van der Waals surface area contributed by atoms with Gasteiger partial charge in [0.05, 0.1) is 0 Å². The minimum Gasteiger partial charge on any atom is -0.477 e. The Bertz CT molecular complexity index is 582. The lowest BCUT2D eigenvalue weighted by molar-refractivity contribution is 0.0701. The molecule has 1 aromatic heterocycles. The van der Waals surface area contributed by atoms with E-state index in [1.165, 1.54) is 23.5 Å². The Hall–Kier alpha value is -1.72. The molecule has 0 aliphatic heterocycles. The van der Waals surface area contributed by atoms with Gasteiger partial charge < -0.3 is 10.4 Å². The smallest absolute Gasteiger partial charge is 0.346 e. The van der Waals surface area contributed by atoms with Crippen molar-refractivity contribution in [3.05, 3.63) is 57.5 Å². The van der Waals surface area contributed by atoms with Gasteiger partial charge >= 0.3 is 5.97 Å². The summed E-state index contributed by atoms with van der Waals surface area (Å²) in [6, 6.07) is 8.13. The summed E-state index contributed by atoms with van der Waals surface area (Å²) in [5, 5.41) is 14.0. The van der Waals surface area contributed by atoms with Crippen LogP contribution in [0.25, 0.3) is 0 Å². The number of carbonyl (C=O) groups is 1. The summed E-state index contributed by atoms with van der Waals surface area (Å²) in [5.41, 5.74) is 1.59. The monoisotopic (exact) mass is 279 g/mol. The first kappa shape index (κ1) is 13.7. The third kappa shape index (κ3) is 3.39. The van der Waals surface area contributed by atoms with E-state index in [2.05, 4.69) is 5.32 Å². The lowest BCUT2D eigenvalue weighted by Gasteiger charge is -2.14. The average molecular weight is 279 g/mol. The normalized spacial score (nSPS) is 12.3. The SMILES string of the molecule is CC(NCc1ccsc1C(=O)O)c1cccc(F)c1. The zero-order valence-corrected chi connectivity index (χ0v) is 11.2. The lowest BCUT2D eigenvalue weighted by Crippen LogP contribution is -2.19. The zero-order chi connectivity index (χ0) is 13.8. The molecule has 5 heteroatoms. The summed E-state index contributed by atoms with van der Waals surface area (Å²) in [4.78, 5) is 11.3. The van der Waals surface area contributed by atoms with Crippen LogP contribution in [0, 0.1) is 5.82 Å². The van der Waals surface area contributed by atoms with Gasteiger partial charge in [0, 0.05) is 12.6 Å². The largest absolute Gasteiger partial charge is 0.477 e. The lowest BCUT2D eigenvalue weighted by atomic mass is 10.1. The van der Waals surface area contributed by atoms with Crippen molar-refractivity contribution in [1.29, 1.82) is 0 Å². The molecular weight excluding hydrogens is 265 g/mol. The van der Waals surface area contributed by atoms with Crippen LogP contribution in [0.5, 0.6) is 0 Å². The zero-order valence-electron chi connectivity index (χ0n) is 10.4. The average Bonchev–Trinajstić information content (AvgIpc) is 2.84. The second-order valence-corrected chi connectivity index (χ2v) is 5.15. The maximum atomic E-state index is 13.1. The molecule has 2 rings (SSSR count). The van der Waals surface area contributed by atoms with E-state index in [0.717, 1.165) is 11.1 Å². The molecule has 0 aliphatic carbocycles. The second kappa shape index (κ2) is 5.95. The Labute approximate surface area is 114 Å². The maximum absolute atomic E-state index is 13.1. The van der Waals surface area contributed by atoms with Crippen molar-refractivity contribution in [3.8, 4) is 0 Å². The van der Waals surface area contributed by atoms with E-state index in [4.69, 9.17) is 5.11 Å². The van der Waals surface area contributed by atoms with Crippen LogP contribution in [0.2, 0.25) is 0 Å². The Morgan fingerprint density at radius 1 is 1.47 bits per heavy atom.